The molecule has 1 N–H and O–H groups in total. The zero-order valence-electron chi connectivity index (χ0n) is 12.8. The molecule has 2 aromatic carbocycles. The molecule has 0 aliphatic rings. The maximum atomic E-state index is 11.2. The van der Waals surface area contributed by atoms with Gasteiger partial charge in [-0.05, 0) is 17.7 Å². The number of carboxylic acids is 1. The molecule has 1 aromatic heterocycles. The first-order valence-electron chi connectivity index (χ1n) is 7.36. The van der Waals surface area contributed by atoms with Gasteiger partial charge in [0.2, 0.25) is 0 Å². The van der Waals surface area contributed by atoms with Crippen molar-refractivity contribution in [2.24, 2.45) is 0 Å². The third-order valence-electron chi connectivity index (χ3n) is 3.62. The van der Waals surface area contributed by atoms with Crippen LogP contribution < -0.4 is 0 Å². The van der Waals surface area contributed by atoms with Crippen molar-refractivity contribution < 1.29 is 9.90 Å². The number of carboxylic acid groups (broad SMARTS) is 1. The van der Waals surface area contributed by atoms with Gasteiger partial charge in [-0.1, -0.05) is 47.7 Å². The monoisotopic (exact) mass is 318 g/mol. The minimum atomic E-state index is -0.935. The summed E-state index contributed by atoms with van der Waals surface area (Å²) in [5.41, 5.74) is 3.46. The maximum Gasteiger partial charge on any atom is 0.309 e. The molecular weight excluding hydrogens is 304 g/mol. The fourth-order valence-corrected chi connectivity index (χ4v) is 2.46. The highest BCUT2D eigenvalue weighted by Gasteiger charge is 2.17. The SMILES string of the molecule is N#Cc1ccc(Cn2nnc(-c3ccccc3)c2CC(=O)O)cc1. The molecule has 0 unspecified atom stereocenters. The van der Waals surface area contributed by atoms with Crippen LogP contribution >= 0.6 is 0 Å². The molecule has 0 saturated carbocycles. The van der Waals surface area contributed by atoms with E-state index >= 15 is 0 Å². The van der Waals surface area contributed by atoms with E-state index in [-0.39, 0.29) is 6.42 Å². The van der Waals surface area contributed by atoms with Gasteiger partial charge in [0.15, 0.2) is 0 Å². The molecule has 0 atom stereocenters. The van der Waals surface area contributed by atoms with Gasteiger partial charge in [-0.3, -0.25) is 4.79 Å². The molecule has 0 aliphatic heterocycles. The lowest BCUT2D eigenvalue weighted by Gasteiger charge is -2.07. The Morgan fingerprint density at radius 3 is 2.46 bits per heavy atom. The van der Waals surface area contributed by atoms with Gasteiger partial charge in [-0.15, -0.1) is 5.10 Å². The van der Waals surface area contributed by atoms with Crippen LogP contribution in [0.15, 0.2) is 54.6 Å². The Morgan fingerprint density at radius 1 is 1.12 bits per heavy atom. The fourth-order valence-electron chi connectivity index (χ4n) is 2.46. The van der Waals surface area contributed by atoms with Crippen molar-refractivity contribution in [3.05, 3.63) is 71.4 Å². The van der Waals surface area contributed by atoms with Crippen molar-refractivity contribution in [2.75, 3.05) is 0 Å². The molecule has 6 nitrogen and oxygen atoms in total. The van der Waals surface area contributed by atoms with Crippen LogP contribution in [-0.2, 0) is 17.8 Å². The van der Waals surface area contributed by atoms with Crippen molar-refractivity contribution in [1.82, 2.24) is 15.0 Å². The molecule has 6 heteroatoms. The van der Waals surface area contributed by atoms with Gasteiger partial charge in [0.1, 0.15) is 5.69 Å². The van der Waals surface area contributed by atoms with Crippen LogP contribution in [0.3, 0.4) is 0 Å². The molecule has 0 spiro atoms. The molecule has 118 valence electrons. The van der Waals surface area contributed by atoms with Gasteiger partial charge < -0.3 is 5.11 Å². The number of benzene rings is 2. The number of hydrogen-bond acceptors (Lipinski definition) is 4. The number of hydrogen-bond donors (Lipinski definition) is 1. The summed E-state index contributed by atoms with van der Waals surface area (Å²) in [6.45, 7) is 0.397. The molecule has 3 aromatic rings. The zero-order valence-corrected chi connectivity index (χ0v) is 12.8. The molecular formula is C18H14N4O2. The van der Waals surface area contributed by atoms with Crippen LogP contribution in [0.1, 0.15) is 16.8 Å². The predicted octanol–water partition coefficient (Wildman–Crippen LogP) is 2.49. The van der Waals surface area contributed by atoms with Crippen molar-refractivity contribution in [3.8, 4) is 17.3 Å². The van der Waals surface area contributed by atoms with E-state index in [9.17, 15) is 9.90 Å². The highest BCUT2D eigenvalue weighted by Crippen LogP contribution is 2.22. The van der Waals surface area contributed by atoms with E-state index in [1.807, 2.05) is 42.5 Å². The van der Waals surface area contributed by atoms with Gasteiger partial charge in [-0.25, -0.2) is 4.68 Å². The topological polar surface area (TPSA) is 91.8 Å². The molecule has 1 heterocycles. The lowest BCUT2D eigenvalue weighted by molar-refractivity contribution is -0.136. The molecule has 0 aliphatic carbocycles. The zero-order chi connectivity index (χ0) is 16.9. The average molecular weight is 318 g/mol. The highest BCUT2D eigenvalue weighted by molar-refractivity contribution is 5.73. The maximum absolute atomic E-state index is 11.2. The normalized spacial score (nSPS) is 10.3. The van der Waals surface area contributed by atoms with E-state index in [0.717, 1.165) is 11.1 Å². The Kier molecular flexibility index (Phi) is 4.34. The summed E-state index contributed by atoms with van der Waals surface area (Å²) in [5.74, 6) is -0.935. The summed E-state index contributed by atoms with van der Waals surface area (Å²) in [6.07, 6.45) is -0.159. The van der Waals surface area contributed by atoms with Crippen molar-refractivity contribution in [1.29, 1.82) is 5.26 Å². The average Bonchev–Trinajstić information content (AvgIpc) is 2.98. The molecule has 0 amide bonds. The van der Waals surface area contributed by atoms with E-state index in [2.05, 4.69) is 16.4 Å². The lowest BCUT2D eigenvalue weighted by Crippen LogP contribution is -2.11. The summed E-state index contributed by atoms with van der Waals surface area (Å²) >= 11 is 0. The Hall–Kier alpha value is -3.46. The van der Waals surface area contributed by atoms with Gasteiger partial charge in [0.25, 0.3) is 0 Å². The molecule has 24 heavy (non-hydrogen) atoms. The first kappa shape index (κ1) is 15.4. The summed E-state index contributed by atoms with van der Waals surface area (Å²) in [5, 5.41) is 26.3. The smallest absolute Gasteiger partial charge is 0.309 e. The summed E-state index contributed by atoms with van der Waals surface area (Å²) < 4.78 is 1.60. The minimum Gasteiger partial charge on any atom is -0.481 e. The molecule has 0 radical (unpaired) electrons. The quantitative estimate of drug-likeness (QED) is 0.780. The third-order valence-corrected chi connectivity index (χ3v) is 3.62. The predicted molar refractivity (Wildman–Crippen MR) is 87.1 cm³/mol. The second-order valence-corrected chi connectivity index (χ2v) is 5.29. The molecule has 0 bridgehead atoms. The number of carbonyl (C=O) groups is 1. The van der Waals surface area contributed by atoms with Crippen LogP contribution in [0.25, 0.3) is 11.3 Å². The van der Waals surface area contributed by atoms with Gasteiger partial charge in [0.05, 0.1) is 30.3 Å². The second kappa shape index (κ2) is 6.75. The van der Waals surface area contributed by atoms with Crippen LogP contribution in [0, 0.1) is 11.3 Å². The molecule has 0 saturated heterocycles. The largest absolute Gasteiger partial charge is 0.481 e. The van der Waals surface area contributed by atoms with Gasteiger partial charge in [-0.2, -0.15) is 5.26 Å². The fraction of sp³-hybridized carbons (Fsp3) is 0.111. The lowest BCUT2D eigenvalue weighted by atomic mass is 10.1. The van der Waals surface area contributed by atoms with Gasteiger partial charge >= 0.3 is 5.97 Å². The Morgan fingerprint density at radius 2 is 1.83 bits per heavy atom. The number of rotatable bonds is 5. The first-order valence-corrected chi connectivity index (χ1v) is 7.36. The number of aliphatic carboxylic acids is 1. The Balaban J connectivity index is 1.96. The second-order valence-electron chi connectivity index (χ2n) is 5.29. The molecule has 0 fully saturated rings. The van der Waals surface area contributed by atoms with E-state index in [1.54, 1.807) is 16.8 Å². The standard InChI is InChI=1S/C18H14N4O2/c19-11-13-6-8-14(9-7-13)12-22-16(10-17(23)24)18(20-21-22)15-4-2-1-3-5-15/h1-9H,10,12H2,(H,23,24). The van der Waals surface area contributed by atoms with E-state index in [4.69, 9.17) is 5.26 Å². The number of nitriles is 1. The highest BCUT2D eigenvalue weighted by atomic mass is 16.4. The number of aromatic nitrogens is 3. The Bertz CT molecular complexity index is 893. The minimum absolute atomic E-state index is 0.159. The van der Waals surface area contributed by atoms with Crippen molar-refractivity contribution in [3.63, 3.8) is 0 Å². The number of nitrogens with zero attached hydrogens (tertiary/aromatic N) is 4. The van der Waals surface area contributed by atoms with Gasteiger partial charge in [0, 0.05) is 5.56 Å². The third kappa shape index (κ3) is 3.31. The van der Waals surface area contributed by atoms with E-state index < -0.39 is 5.97 Å². The first-order chi connectivity index (χ1) is 11.7. The van der Waals surface area contributed by atoms with Crippen molar-refractivity contribution in [2.45, 2.75) is 13.0 Å². The van der Waals surface area contributed by atoms with E-state index in [1.165, 1.54) is 0 Å². The van der Waals surface area contributed by atoms with Crippen LogP contribution in [0.5, 0.6) is 0 Å². The summed E-state index contributed by atoms with van der Waals surface area (Å²) in [6, 6.07) is 18.6. The van der Waals surface area contributed by atoms with Crippen molar-refractivity contribution >= 4 is 5.97 Å². The van der Waals surface area contributed by atoms with Crippen LogP contribution in [0.2, 0.25) is 0 Å². The summed E-state index contributed by atoms with van der Waals surface area (Å²) in [7, 11) is 0. The summed E-state index contributed by atoms with van der Waals surface area (Å²) in [4.78, 5) is 11.2. The van der Waals surface area contributed by atoms with Crippen LogP contribution in [0.4, 0.5) is 0 Å². The van der Waals surface area contributed by atoms with E-state index in [0.29, 0.717) is 23.5 Å². The van der Waals surface area contributed by atoms with Crippen LogP contribution in [-0.4, -0.2) is 26.1 Å². The molecule has 3 rings (SSSR count). The Labute approximate surface area is 138 Å².